The summed E-state index contributed by atoms with van der Waals surface area (Å²) in [5.74, 6) is 1.44. The summed E-state index contributed by atoms with van der Waals surface area (Å²) in [4.78, 5) is 35.5. The lowest BCUT2D eigenvalue weighted by Crippen LogP contribution is -2.50. The summed E-state index contributed by atoms with van der Waals surface area (Å²) in [6.45, 7) is 8.36. The Balaban J connectivity index is 1.25. The van der Waals surface area contributed by atoms with Crippen LogP contribution in [0.4, 0.5) is 4.79 Å². The van der Waals surface area contributed by atoms with E-state index >= 15 is 0 Å². The van der Waals surface area contributed by atoms with E-state index in [2.05, 4.69) is 42.2 Å². The highest BCUT2D eigenvalue weighted by Crippen LogP contribution is 2.33. The molecule has 0 radical (unpaired) electrons. The van der Waals surface area contributed by atoms with Crippen molar-refractivity contribution in [2.45, 2.75) is 33.5 Å². The van der Waals surface area contributed by atoms with Crippen LogP contribution >= 0.6 is 11.3 Å². The van der Waals surface area contributed by atoms with Crippen molar-refractivity contribution in [2.75, 3.05) is 39.6 Å². The zero-order valence-electron chi connectivity index (χ0n) is 21.7. The number of aryl methyl sites for hydroxylation is 1. The summed E-state index contributed by atoms with van der Waals surface area (Å²) < 4.78 is 16.1. The molecule has 5 rings (SSSR count). The molecule has 2 aliphatic heterocycles. The second-order valence-corrected chi connectivity index (χ2v) is 10.4. The Labute approximate surface area is 226 Å². The lowest BCUT2D eigenvalue weighted by molar-refractivity contribution is 0.0566. The lowest BCUT2D eigenvalue weighted by atomic mass is 10.1. The van der Waals surface area contributed by atoms with Crippen LogP contribution in [0.1, 0.15) is 39.1 Å². The van der Waals surface area contributed by atoms with Crippen molar-refractivity contribution in [1.82, 2.24) is 19.7 Å². The van der Waals surface area contributed by atoms with E-state index in [1.165, 1.54) is 22.5 Å². The lowest BCUT2D eigenvalue weighted by Gasteiger charge is -2.33. The van der Waals surface area contributed by atoms with Gasteiger partial charge in [0, 0.05) is 44.6 Å². The molecule has 2 amide bonds. The fraction of sp³-hybridized carbons (Fsp3) is 0.393. The molecule has 38 heavy (non-hydrogen) atoms. The van der Waals surface area contributed by atoms with Crippen LogP contribution in [0.25, 0.3) is 0 Å². The number of ether oxygens (including phenoxy) is 3. The molecule has 9 nitrogen and oxygen atoms in total. The molecule has 3 aromatic rings. The van der Waals surface area contributed by atoms with Gasteiger partial charge in [-0.1, -0.05) is 35.9 Å². The number of aromatic nitrogens is 1. The number of carbonyl (C=O) groups excluding carboxylic acids is 2. The van der Waals surface area contributed by atoms with Crippen LogP contribution in [-0.4, -0.2) is 71.3 Å². The summed E-state index contributed by atoms with van der Waals surface area (Å²) in [6, 6.07) is 14.6. The van der Waals surface area contributed by atoms with Crippen LogP contribution in [0.15, 0.2) is 47.8 Å². The van der Waals surface area contributed by atoms with Crippen molar-refractivity contribution in [2.24, 2.45) is 0 Å². The van der Waals surface area contributed by atoms with Crippen LogP contribution in [-0.2, 0) is 24.4 Å². The number of rotatable bonds is 8. The van der Waals surface area contributed by atoms with E-state index in [1.54, 1.807) is 16.7 Å². The first-order valence-corrected chi connectivity index (χ1v) is 13.7. The van der Waals surface area contributed by atoms with Gasteiger partial charge < -0.3 is 24.0 Å². The molecule has 200 valence electrons. The van der Waals surface area contributed by atoms with Gasteiger partial charge in [-0.2, -0.15) is 0 Å². The third-order valence-electron chi connectivity index (χ3n) is 6.59. The van der Waals surface area contributed by atoms with Crippen molar-refractivity contribution in [3.8, 4) is 11.5 Å². The smallest absolute Gasteiger partial charge is 0.409 e. The van der Waals surface area contributed by atoms with Crippen LogP contribution in [0, 0.1) is 6.92 Å². The first kappa shape index (κ1) is 26.0. The van der Waals surface area contributed by atoms with Crippen LogP contribution in [0.5, 0.6) is 11.5 Å². The zero-order chi connectivity index (χ0) is 26.5. The quantitative estimate of drug-likeness (QED) is 0.425. The molecule has 0 aliphatic carbocycles. The fourth-order valence-electron chi connectivity index (χ4n) is 4.56. The topological polar surface area (TPSA) is 84.4 Å². The fourth-order valence-corrected chi connectivity index (χ4v) is 5.37. The van der Waals surface area contributed by atoms with Gasteiger partial charge in [-0.3, -0.25) is 9.69 Å². The van der Waals surface area contributed by atoms with Gasteiger partial charge in [0.1, 0.15) is 10.7 Å². The summed E-state index contributed by atoms with van der Waals surface area (Å²) in [7, 11) is 0. The molecule has 1 fully saturated rings. The molecule has 0 N–H and O–H groups in total. The van der Waals surface area contributed by atoms with Gasteiger partial charge in [0.05, 0.1) is 13.2 Å². The number of piperazine rings is 1. The highest BCUT2D eigenvalue weighted by Gasteiger charge is 2.27. The van der Waals surface area contributed by atoms with Gasteiger partial charge in [0.2, 0.25) is 6.79 Å². The van der Waals surface area contributed by atoms with Crippen molar-refractivity contribution in [3.63, 3.8) is 0 Å². The maximum atomic E-state index is 13.1. The zero-order valence-corrected chi connectivity index (χ0v) is 22.5. The molecule has 0 atom stereocenters. The third kappa shape index (κ3) is 6.25. The normalized spacial score (nSPS) is 14.7. The first-order chi connectivity index (χ1) is 18.5. The van der Waals surface area contributed by atoms with Crippen molar-refractivity contribution in [3.05, 3.63) is 75.2 Å². The number of carbonyl (C=O) groups is 2. The van der Waals surface area contributed by atoms with Crippen molar-refractivity contribution < 1.29 is 23.8 Å². The largest absolute Gasteiger partial charge is 0.454 e. The predicted molar refractivity (Wildman–Crippen MR) is 143 cm³/mol. The molecule has 2 aliphatic rings. The Morgan fingerprint density at radius 3 is 2.39 bits per heavy atom. The molecule has 3 heterocycles. The SMILES string of the molecule is CCOC(=O)N1CCN(C(=O)c2csc(CN(Cc3ccc(C)cc3)Cc3ccc4c(c3)OCO4)n2)CC1. The van der Waals surface area contributed by atoms with E-state index in [4.69, 9.17) is 19.2 Å². The summed E-state index contributed by atoms with van der Waals surface area (Å²) in [5, 5.41) is 2.71. The first-order valence-electron chi connectivity index (χ1n) is 12.8. The van der Waals surface area contributed by atoms with Gasteiger partial charge in [-0.25, -0.2) is 9.78 Å². The highest BCUT2D eigenvalue weighted by molar-refractivity contribution is 7.09. The Hall–Kier alpha value is -3.63. The van der Waals surface area contributed by atoms with Crippen molar-refractivity contribution >= 4 is 23.3 Å². The molecular weight excluding hydrogens is 504 g/mol. The Morgan fingerprint density at radius 2 is 1.63 bits per heavy atom. The molecule has 1 aromatic heterocycles. The van der Waals surface area contributed by atoms with E-state index in [0.29, 0.717) is 51.6 Å². The van der Waals surface area contributed by atoms with E-state index < -0.39 is 0 Å². The number of hydrogen-bond donors (Lipinski definition) is 0. The van der Waals surface area contributed by atoms with Gasteiger partial charge in [0.25, 0.3) is 5.91 Å². The van der Waals surface area contributed by atoms with E-state index in [9.17, 15) is 9.59 Å². The monoisotopic (exact) mass is 536 g/mol. The maximum absolute atomic E-state index is 13.1. The summed E-state index contributed by atoms with van der Waals surface area (Å²) in [5.41, 5.74) is 4.01. The van der Waals surface area contributed by atoms with Gasteiger partial charge in [0.15, 0.2) is 11.5 Å². The molecule has 0 saturated carbocycles. The molecule has 0 unspecified atom stereocenters. The van der Waals surface area contributed by atoms with Crippen molar-refractivity contribution in [1.29, 1.82) is 0 Å². The van der Waals surface area contributed by atoms with E-state index in [1.807, 2.05) is 17.5 Å². The van der Waals surface area contributed by atoms with Crippen LogP contribution in [0.3, 0.4) is 0 Å². The minimum atomic E-state index is -0.327. The Kier molecular flexibility index (Phi) is 8.09. The summed E-state index contributed by atoms with van der Waals surface area (Å²) >= 11 is 1.50. The Morgan fingerprint density at radius 1 is 0.947 bits per heavy atom. The summed E-state index contributed by atoms with van der Waals surface area (Å²) in [6.07, 6.45) is -0.327. The Bertz CT molecular complexity index is 1270. The number of amides is 2. The molecule has 10 heteroatoms. The second kappa shape index (κ2) is 11.8. The molecule has 0 bridgehead atoms. The molecule has 2 aromatic carbocycles. The third-order valence-corrected chi connectivity index (χ3v) is 7.43. The molecule has 0 spiro atoms. The number of thiazole rings is 1. The van der Waals surface area contributed by atoms with Crippen LogP contribution in [0.2, 0.25) is 0 Å². The number of hydrogen-bond acceptors (Lipinski definition) is 8. The van der Waals surface area contributed by atoms with Gasteiger partial charge in [-0.15, -0.1) is 11.3 Å². The van der Waals surface area contributed by atoms with E-state index in [-0.39, 0.29) is 18.8 Å². The molecule has 1 saturated heterocycles. The van der Waals surface area contributed by atoms with Crippen LogP contribution < -0.4 is 9.47 Å². The average molecular weight is 537 g/mol. The minimum Gasteiger partial charge on any atom is -0.454 e. The number of nitrogens with zero attached hydrogens (tertiary/aromatic N) is 4. The standard InChI is InChI=1S/C28H32N4O5S/c1-3-35-28(34)32-12-10-31(11-13-32)27(33)23-18-38-26(29-23)17-30(15-21-6-4-20(2)5-7-21)16-22-8-9-24-25(14-22)37-19-36-24/h4-9,14,18H,3,10-13,15-17,19H2,1-2H3. The number of benzene rings is 2. The van der Waals surface area contributed by atoms with Gasteiger partial charge >= 0.3 is 6.09 Å². The van der Waals surface area contributed by atoms with E-state index in [0.717, 1.165) is 28.6 Å². The minimum absolute atomic E-state index is 0.100. The second-order valence-electron chi connectivity index (χ2n) is 9.42. The van der Waals surface area contributed by atoms with Gasteiger partial charge in [-0.05, 0) is 37.1 Å². The highest BCUT2D eigenvalue weighted by atomic mass is 32.1. The predicted octanol–water partition coefficient (Wildman–Crippen LogP) is 4.30. The molecular formula is C28H32N4O5S. The average Bonchev–Trinajstić information content (AvgIpc) is 3.59. The maximum Gasteiger partial charge on any atom is 0.409 e. The number of fused-ring (bicyclic) bond motifs is 1.